The van der Waals surface area contributed by atoms with Crippen LogP contribution in [-0.2, 0) is 0 Å². The van der Waals surface area contributed by atoms with Crippen LogP contribution < -0.4 is 5.32 Å². The summed E-state index contributed by atoms with van der Waals surface area (Å²) in [5, 5.41) is 12.5. The van der Waals surface area contributed by atoms with Crippen molar-refractivity contribution in [3.05, 3.63) is 5.15 Å². The Morgan fingerprint density at radius 3 is 2.64 bits per heavy atom. The summed E-state index contributed by atoms with van der Waals surface area (Å²) in [6.07, 6.45) is 0.879. The van der Waals surface area contributed by atoms with E-state index in [0.29, 0.717) is 16.9 Å². The van der Waals surface area contributed by atoms with Gasteiger partial charge in [0.25, 0.3) is 0 Å². The Morgan fingerprint density at radius 2 is 2.21 bits per heavy atom. The van der Waals surface area contributed by atoms with Gasteiger partial charge in [0.2, 0.25) is 0 Å². The summed E-state index contributed by atoms with van der Waals surface area (Å²) >= 11 is 6.83. The van der Waals surface area contributed by atoms with Crippen molar-refractivity contribution in [1.29, 1.82) is 0 Å². The summed E-state index contributed by atoms with van der Waals surface area (Å²) in [6, 6.07) is -0.00333. The minimum atomic E-state index is -0.00333. The van der Waals surface area contributed by atoms with Crippen LogP contribution in [0.3, 0.4) is 0 Å². The predicted octanol–water partition coefficient (Wildman–Crippen LogP) is 2.01. The van der Waals surface area contributed by atoms with Gasteiger partial charge in [0.1, 0.15) is 0 Å². The second-order valence-electron chi connectivity index (χ2n) is 3.56. The van der Waals surface area contributed by atoms with Gasteiger partial charge in [0.05, 0.1) is 24.4 Å². The summed E-state index contributed by atoms with van der Waals surface area (Å²) in [5.74, 6) is 1.08. The molecule has 2 N–H and O–H groups in total. The first-order chi connectivity index (χ1) is 6.63. The second-order valence-corrected chi connectivity index (χ2v) is 4.44. The third kappa shape index (κ3) is 3.40. The molecule has 0 spiro atoms. The van der Waals surface area contributed by atoms with Crippen molar-refractivity contribution in [2.45, 2.75) is 26.3 Å². The number of hydrogen-bond acceptors (Lipinski definition) is 5. The molecule has 0 saturated carbocycles. The molecule has 0 amide bonds. The largest absolute Gasteiger partial charge is 0.394 e. The Hall–Kier alpha value is -0.390. The Kier molecular flexibility index (Phi) is 4.57. The molecule has 0 aliphatic rings. The van der Waals surface area contributed by atoms with Crippen LogP contribution in [0.1, 0.15) is 20.3 Å². The molecule has 1 unspecified atom stereocenters. The van der Waals surface area contributed by atoms with E-state index in [-0.39, 0.29) is 12.6 Å². The minimum absolute atomic E-state index is 0.00333. The predicted molar refractivity (Wildman–Crippen MR) is 58.9 cm³/mol. The quantitative estimate of drug-likeness (QED) is 0.820. The first kappa shape index (κ1) is 11.7. The van der Waals surface area contributed by atoms with Gasteiger partial charge < -0.3 is 10.4 Å². The Bertz CT molecular complexity index is 279. The van der Waals surface area contributed by atoms with Crippen molar-refractivity contribution in [2.24, 2.45) is 5.92 Å². The maximum Gasteiger partial charge on any atom is 0.186 e. The summed E-state index contributed by atoms with van der Waals surface area (Å²) < 4.78 is 7.82. The lowest BCUT2D eigenvalue weighted by molar-refractivity contribution is 0.259. The molecule has 0 aromatic carbocycles. The lowest BCUT2D eigenvalue weighted by Gasteiger charge is -2.17. The van der Waals surface area contributed by atoms with Gasteiger partial charge in [-0.1, -0.05) is 25.4 Å². The molecule has 1 aromatic heterocycles. The molecular formula is C8H14ClN3OS. The average molecular weight is 236 g/mol. The van der Waals surface area contributed by atoms with E-state index in [1.165, 1.54) is 0 Å². The van der Waals surface area contributed by atoms with Crippen LogP contribution in [0.4, 0.5) is 5.82 Å². The fourth-order valence-corrected chi connectivity index (χ4v) is 1.86. The number of aliphatic hydroxyl groups excluding tert-OH is 1. The van der Waals surface area contributed by atoms with Crippen molar-refractivity contribution in [3.63, 3.8) is 0 Å². The summed E-state index contributed by atoms with van der Waals surface area (Å²) in [6.45, 7) is 4.28. The monoisotopic (exact) mass is 235 g/mol. The van der Waals surface area contributed by atoms with Crippen molar-refractivity contribution >= 4 is 29.1 Å². The molecule has 0 aliphatic carbocycles. The summed E-state index contributed by atoms with van der Waals surface area (Å²) in [4.78, 5) is 0. The molecule has 4 nitrogen and oxygen atoms in total. The second kappa shape index (κ2) is 5.48. The van der Waals surface area contributed by atoms with Crippen LogP contribution >= 0.6 is 23.3 Å². The van der Waals surface area contributed by atoms with E-state index in [4.69, 9.17) is 16.7 Å². The molecule has 0 aliphatic heterocycles. The van der Waals surface area contributed by atoms with Gasteiger partial charge in [0, 0.05) is 0 Å². The highest BCUT2D eigenvalue weighted by Crippen LogP contribution is 2.20. The van der Waals surface area contributed by atoms with E-state index in [1.807, 2.05) is 0 Å². The number of anilines is 1. The van der Waals surface area contributed by atoms with E-state index in [0.717, 1.165) is 18.1 Å². The maximum atomic E-state index is 9.11. The van der Waals surface area contributed by atoms with Gasteiger partial charge in [0.15, 0.2) is 11.0 Å². The molecule has 1 heterocycles. The van der Waals surface area contributed by atoms with E-state index >= 15 is 0 Å². The van der Waals surface area contributed by atoms with Crippen molar-refractivity contribution in [3.8, 4) is 0 Å². The van der Waals surface area contributed by atoms with E-state index in [9.17, 15) is 0 Å². The van der Waals surface area contributed by atoms with Gasteiger partial charge in [-0.3, -0.25) is 0 Å². The topological polar surface area (TPSA) is 58.0 Å². The van der Waals surface area contributed by atoms with Gasteiger partial charge in [-0.15, -0.1) is 0 Å². The van der Waals surface area contributed by atoms with E-state index in [2.05, 4.69) is 27.9 Å². The smallest absolute Gasteiger partial charge is 0.186 e. The highest BCUT2D eigenvalue weighted by molar-refractivity contribution is 6.99. The molecule has 1 rings (SSSR count). The first-order valence-electron chi connectivity index (χ1n) is 4.49. The lowest BCUT2D eigenvalue weighted by Crippen LogP contribution is -2.25. The maximum absolute atomic E-state index is 9.11. The molecule has 0 bridgehead atoms. The van der Waals surface area contributed by atoms with Crippen LogP contribution in [0.25, 0.3) is 0 Å². The molecule has 0 radical (unpaired) electrons. The Labute approximate surface area is 92.6 Å². The van der Waals surface area contributed by atoms with Gasteiger partial charge in [-0.05, 0) is 12.3 Å². The standard InChI is InChI=1S/C8H14ClN3OS/c1-5(2)3-6(4-13)10-8-7(9)11-14-12-8/h5-6,13H,3-4H2,1-2H3,(H,10,12). The molecule has 0 fully saturated rings. The molecule has 1 atom stereocenters. The Balaban J connectivity index is 2.52. The minimum Gasteiger partial charge on any atom is -0.394 e. The van der Waals surface area contributed by atoms with Gasteiger partial charge >= 0.3 is 0 Å². The zero-order valence-corrected chi connectivity index (χ0v) is 9.77. The molecule has 6 heteroatoms. The zero-order chi connectivity index (χ0) is 10.6. The van der Waals surface area contributed by atoms with Crippen LogP contribution in [0.2, 0.25) is 5.15 Å². The summed E-state index contributed by atoms with van der Waals surface area (Å²) in [7, 11) is 0. The number of hydrogen-bond donors (Lipinski definition) is 2. The lowest BCUT2D eigenvalue weighted by atomic mass is 10.0. The number of nitrogens with one attached hydrogen (secondary N) is 1. The van der Waals surface area contributed by atoms with Crippen LogP contribution in [0.5, 0.6) is 0 Å². The van der Waals surface area contributed by atoms with Crippen LogP contribution in [0, 0.1) is 5.92 Å². The molecule has 14 heavy (non-hydrogen) atoms. The first-order valence-corrected chi connectivity index (χ1v) is 5.59. The number of aromatic nitrogens is 2. The van der Waals surface area contributed by atoms with Crippen molar-refractivity contribution < 1.29 is 5.11 Å². The van der Waals surface area contributed by atoms with Crippen molar-refractivity contribution in [2.75, 3.05) is 11.9 Å². The number of halogens is 1. The average Bonchev–Trinajstić information content (AvgIpc) is 2.50. The summed E-state index contributed by atoms with van der Waals surface area (Å²) in [5.41, 5.74) is 0. The third-order valence-corrected chi connectivity index (χ3v) is 2.66. The SMILES string of the molecule is CC(C)CC(CO)Nc1nsnc1Cl. The van der Waals surface area contributed by atoms with Crippen LogP contribution in [0.15, 0.2) is 0 Å². The third-order valence-electron chi connectivity index (χ3n) is 1.77. The zero-order valence-electron chi connectivity index (χ0n) is 8.20. The normalized spacial score (nSPS) is 13.2. The van der Waals surface area contributed by atoms with E-state index in [1.54, 1.807) is 0 Å². The highest BCUT2D eigenvalue weighted by Gasteiger charge is 2.13. The molecule has 80 valence electrons. The van der Waals surface area contributed by atoms with E-state index < -0.39 is 0 Å². The molecule has 1 aromatic rings. The fraction of sp³-hybridized carbons (Fsp3) is 0.750. The Morgan fingerprint density at radius 1 is 1.50 bits per heavy atom. The molecule has 0 saturated heterocycles. The number of aliphatic hydroxyl groups is 1. The van der Waals surface area contributed by atoms with Crippen molar-refractivity contribution in [1.82, 2.24) is 8.75 Å². The highest BCUT2D eigenvalue weighted by atomic mass is 35.5. The number of rotatable bonds is 5. The number of nitrogens with zero attached hydrogens (tertiary/aromatic N) is 2. The fourth-order valence-electron chi connectivity index (χ4n) is 1.21. The molecular weight excluding hydrogens is 222 g/mol. The van der Waals surface area contributed by atoms with Crippen LogP contribution in [-0.4, -0.2) is 26.5 Å². The van der Waals surface area contributed by atoms with Gasteiger partial charge in [-0.25, -0.2) is 0 Å². The van der Waals surface area contributed by atoms with Gasteiger partial charge in [-0.2, -0.15) is 8.75 Å².